The fourth-order valence-electron chi connectivity index (χ4n) is 3.80. The summed E-state index contributed by atoms with van der Waals surface area (Å²) in [5.41, 5.74) is 0.255. The molecular formula is C16H23N5O3S. The van der Waals surface area contributed by atoms with Crippen LogP contribution in [0.2, 0.25) is 0 Å². The van der Waals surface area contributed by atoms with Crippen molar-refractivity contribution < 1.29 is 4.21 Å². The van der Waals surface area contributed by atoms with Gasteiger partial charge in [-0.05, 0) is 26.2 Å². The van der Waals surface area contributed by atoms with Crippen LogP contribution in [0.1, 0.15) is 32.2 Å². The molecule has 0 aromatic carbocycles. The molecule has 136 valence electrons. The van der Waals surface area contributed by atoms with Crippen LogP contribution in [0, 0.1) is 0 Å². The zero-order valence-corrected chi connectivity index (χ0v) is 15.4. The van der Waals surface area contributed by atoms with Gasteiger partial charge in [0.15, 0.2) is 11.2 Å². The van der Waals surface area contributed by atoms with Gasteiger partial charge in [0, 0.05) is 49.0 Å². The van der Waals surface area contributed by atoms with E-state index in [1.165, 1.54) is 15.6 Å². The average molecular weight is 365 g/mol. The average Bonchev–Trinajstić information content (AvgIpc) is 2.99. The number of piperidine rings is 1. The standard InChI is InChI=1S/C16H23N5O3S/c1-3-20-14(22)12-13(18(2)16(20)23)17-15(19-7-5-4-6-8-19)21(12)11-9-25(24)10-11/h11H,3-10H2,1-2H3. The van der Waals surface area contributed by atoms with Crippen LogP contribution in [0.5, 0.6) is 0 Å². The van der Waals surface area contributed by atoms with Crippen LogP contribution in [-0.2, 0) is 24.4 Å². The van der Waals surface area contributed by atoms with Crippen molar-refractivity contribution in [1.29, 1.82) is 0 Å². The van der Waals surface area contributed by atoms with Gasteiger partial charge in [0.25, 0.3) is 5.56 Å². The summed E-state index contributed by atoms with van der Waals surface area (Å²) >= 11 is 0. The number of imidazole rings is 1. The molecule has 0 bridgehead atoms. The molecule has 0 unspecified atom stereocenters. The molecule has 0 aliphatic carbocycles. The van der Waals surface area contributed by atoms with Gasteiger partial charge in [-0.15, -0.1) is 0 Å². The molecule has 2 aromatic rings. The molecule has 8 nitrogen and oxygen atoms in total. The van der Waals surface area contributed by atoms with Crippen molar-refractivity contribution in [3.05, 3.63) is 20.8 Å². The first-order chi connectivity index (χ1) is 12.0. The van der Waals surface area contributed by atoms with Gasteiger partial charge in [0.1, 0.15) is 0 Å². The van der Waals surface area contributed by atoms with Crippen LogP contribution in [0.25, 0.3) is 11.2 Å². The summed E-state index contributed by atoms with van der Waals surface area (Å²) in [6, 6.07) is 0.0123. The first kappa shape index (κ1) is 16.6. The first-order valence-corrected chi connectivity index (χ1v) is 10.3. The highest BCUT2D eigenvalue weighted by Crippen LogP contribution is 2.31. The van der Waals surface area contributed by atoms with Gasteiger partial charge in [-0.25, -0.2) is 4.79 Å². The van der Waals surface area contributed by atoms with Crippen molar-refractivity contribution in [2.24, 2.45) is 7.05 Å². The quantitative estimate of drug-likeness (QED) is 0.777. The van der Waals surface area contributed by atoms with Crippen molar-refractivity contribution in [3.8, 4) is 0 Å². The van der Waals surface area contributed by atoms with Crippen molar-refractivity contribution in [2.45, 2.75) is 38.8 Å². The summed E-state index contributed by atoms with van der Waals surface area (Å²) < 4.78 is 16.3. The number of aromatic nitrogens is 4. The molecule has 25 heavy (non-hydrogen) atoms. The molecule has 4 rings (SSSR count). The summed E-state index contributed by atoms with van der Waals surface area (Å²) in [5.74, 6) is 1.83. The van der Waals surface area contributed by atoms with Crippen LogP contribution in [0.15, 0.2) is 9.59 Å². The Morgan fingerprint density at radius 1 is 1.16 bits per heavy atom. The number of hydrogen-bond donors (Lipinski definition) is 0. The van der Waals surface area contributed by atoms with E-state index in [0.717, 1.165) is 31.9 Å². The molecule has 2 saturated heterocycles. The first-order valence-electron chi connectivity index (χ1n) is 8.84. The lowest BCUT2D eigenvalue weighted by Gasteiger charge is -2.33. The highest BCUT2D eigenvalue weighted by Gasteiger charge is 2.34. The van der Waals surface area contributed by atoms with E-state index in [-0.39, 0.29) is 17.3 Å². The van der Waals surface area contributed by atoms with E-state index in [1.54, 1.807) is 14.0 Å². The fraction of sp³-hybridized carbons (Fsp3) is 0.688. The van der Waals surface area contributed by atoms with Gasteiger partial charge in [-0.3, -0.25) is 22.7 Å². The Labute approximate surface area is 147 Å². The fourth-order valence-corrected chi connectivity index (χ4v) is 4.86. The second-order valence-corrected chi connectivity index (χ2v) is 8.37. The zero-order valence-electron chi connectivity index (χ0n) is 14.6. The monoisotopic (exact) mass is 365 g/mol. The highest BCUT2D eigenvalue weighted by atomic mass is 32.2. The van der Waals surface area contributed by atoms with Crippen LogP contribution >= 0.6 is 0 Å². The normalized spacial score (nSPS) is 23.8. The molecule has 2 fully saturated rings. The lowest BCUT2D eigenvalue weighted by atomic mass is 10.1. The maximum absolute atomic E-state index is 13.0. The van der Waals surface area contributed by atoms with Crippen molar-refractivity contribution in [3.63, 3.8) is 0 Å². The Balaban J connectivity index is 2.01. The Morgan fingerprint density at radius 2 is 1.84 bits per heavy atom. The van der Waals surface area contributed by atoms with Crippen LogP contribution < -0.4 is 16.1 Å². The van der Waals surface area contributed by atoms with Crippen LogP contribution in [0.3, 0.4) is 0 Å². The lowest BCUT2D eigenvalue weighted by Crippen LogP contribution is -2.42. The van der Waals surface area contributed by atoms with Gasteiger partial charge < -0.3 is 4.90 Å². The Bertz CT molecular complexity index is 959. The highest BCUT2D eigenvalue weighted by molar-refractivity contribution is 7.86. The third kappa shape index (κ3) is 2.47. The zero-order chi connectivity index (χ0) is 17.7. The minimum absolute atomic E-state index is 0.0123. The molecule has 0 atom stereocenters. The van der Waals surface area contributed by atoms with Gasteiger partial charge in [-0.2, -0.15) is 4.98 Å². The van der Waals surface area contributed by atoms with E-state index in [1.807, 2.05) is 4.57 Å². The van der Waals surface area contributed by atoms with E-state index in [0.29, 0.717) is 29.2 Å². The number of fused-ring (bicyclic) bond motifs is 1. The smallest absolute Gasteiger partial charge is 0.332 e. The number of rotatable bonds is 3. The van der Waals surface area contributed by atoms with E-state index < -0.39 is 10.8 Å². The predicted molar refractivity (Wildman–Crippen MR) is 97.9 cm³/mol. The largest absolute Gasteiger partial charge is 0.342 e. The van der Waals surface area contributed by atoms with Crippen molar-refractivity contribution in [1.82, 2.24) is 18.7 Å². The van der Waals surface area contributed by atoms with Crippen molar-refractivity contribution >= 4 is 27.9 Å². The molecule has 9 heteroatoms. The molecule has 0 radical (unpaired) electrons. The molecular weight excluding hydrogens is 342 g/mol. The van der Waals surface area contributed by atoms with Crippen molar-refractivity contribution in [2.75, 3.05) is 29.5 Å². The van der Waals surface area contributed by atoms with Crippen LogP contribution in [-0.4, -0.2) is 47.5 Å². The molecule has 0 N–H and O–H groups in total. The van der Waals surface area contributed by atoms with Gasteiger partial charge in [-0.1, -0.05) is 0 Å². The summed E-state index contributed by atoms with van der Waals surface area (Å²) in [5, 5.41) is 0. The lowest BCUT2D eigenvalue weighted by molar-refractivity contribution is 0.525. The Morgan fingerprint density at radius 3 is 2.44 bits per heavy atom. The minimum Gasteiger partial charge on any atom is -0.342 e. The number of nitrogens with zero attached hydrogens (tertiary/aromatic N) is 5. The van der Waals surface area contributed by atoms with E-state index >= 15 is 0 Å². The maximum Gasteiger partial charge on any atom is 0.332 e. The molecule has 0 amide bonds. The van der Waals surface area contributed by atoms with Gasteiger partial charge in [0.2, 0.25) is 5.95 Å². The predicted octanol–water partition coefficient (Wildman–Crippen LogP) is 0.210. The summed E-state index contributed by atoms with van der Waals surface area (Å²) in [7, 11) is 0.828. The molecule has 2 aliphatic rings. The molecule has 2 aliphatic heterocycles. The molecule has 2 aromatic heterocycles. The topological polar surface area (TPSA) is 82.1 Å². The van der Waals surface area contributed by atoms with Crippen LogP contribution in [0.4, 0.5) is 5.95 Å². The SMILES string of the molecule is CCn1c(=O)c2c(nc(N3CCCCC3)n2C2CS(=O)C2)n(C)c1=O. The number of hydrogen-bond acceptors (Lipinski definition) is 5. The van der Waals surface area contributed by atoms with E-state index in [2.05, 4.69) is 4.90 Å². The summed E-state index contributed by atoms with van der Waals surface area (Å²) in [4.78, 5) is 32.3. The number of aryl methyl sites for hydroxylation is 1. The third-order valence-electron chi connectivity index (χ3n) is 5.23. The van der Waals surface area contributed by atoms with E-state index in [4.69, 9.17) is 4.98 Å². The molecule has 0 spiro atoms. The second-order valence-electron chi connectivity index (χ2n) is 6.82. The maximum atomic E-state index is 13.0. The summed E-state index contributed by atoms with van der Waals surface area (Å²) in [6.45, 7) is 3.91. The minimum atomic E-state index is -0.831. The third-order valence-corrected chi connectivity index (χ3v) is 6.75. The second kappa shape index (κ2) is 6.12. The Hall–Kier alpha value is -1.90. The summed E-state index contributed by atoms with van der Waals surface area (Å²) in [6.07, 6.45) is 3.39. The number of anilines is 1. The molecule has 4 heterocycles. The Kier molecular flexibility index (Phi) is 4.05. The van der Waals surface area contributed by atoms with Gasteiger partial charge in [0.05, 0.1) is 6.04 Å². The van der Waals surface area contributed by atoms with E-state index in [9.17, 15) is 13.8 Å². The van der Waals surface area contributed by atoms with Gasteiger partial charge >= 0.3 is 5.69 Å². The molecule has 0 saturated carbocycles.